The molecule has 1 aliphatic carbocycles. The van der Waals surface area contributed by atoms with Gasteiger partial charge in [-0.2, -0.15) is 0 Å². The molecule has 80 valence electrons. The van der Waals surface area contributed by atoms with Crippen molar-refractivity contribution in [2.75, 3.05) is 13.6 Å². The third kappa shape index (κ3) is 1.06. The summed E-state index contributed by atoms with van der Waals surface area (Å²) < 4.78 is 0. The fourth-order valence-corrected chi connectivity index (χ4v) is 3.46. The van der Waals surface area contributed by atoms with E-state index < -0.39 is 0 Å². The fourth-order valence-electron chi connectivity index (χ4n) is 3.46. The maximum atomic E-state index is 6.34. The molecule has 0 aromatic heterocycles. The van der Waals surface area contributed by atoms with Gasteiger partial charge in [-0.3, -0.25) is 4.90 Å². The molecule has 0 saturated carbocycles. The lowest BCUT2D eigenvalue weighted by molar-refractivity contribution is 0.159. The summed E-state index contributed by atoms with van der Waals surface area (Å²) in [5.74, 6) is 0. The molecule has 1 aromatic carbocycles. The van der Waals surface area contributed by atoms with Crippen LogP contribution in [0.4, 0.5) is 0 Å². The second kappa shape index (κ2) is 3.06. The molecule has 15 heavy (non-hydrogen) atoms. The van der Waals surface area contributed by atoms with Crippen LogP contribution in [-0.2, 0) is 12.0 Å². The predicted molar refractivity (Wildman–Crippen MR) is 61.7 cm³/mol. The Morgan fingerprint density at radius 1 is 1.40 bits per heavy atom. The minimum absolute atomic E-state index is 0.149. The summed E-state index contributed by atoms with van der Waals surface area (Å²) in [6, 6.07) is 9.11. The third-order valence-electron chi connectivity index (χ3n) is 4.33. The Labute approximate surface area is 91.1 Å². The van der Waals surface area contributed by atoms with Gasteiger partial charge in [-0.25, -0.2) is 0 Å². The highest BCUT2D eigenvalue weighted by atomic mass is 15.2. The van der Waals surface area contributed by atoms with Crippen molar-refractivity contribution in [3.05, 3.63) is 35.4 Å². The lowest BCUT2D eigenvalue weighted by atomic mass is 9.85. The first-order valence-electron chi connectivity index (χ1n) is 5.80. The van der Waals surface area contributed by atoms with Gasteiger partial charge in [0.2, 0.25) is 0 Å². The molecule has 1 saturated heterocycles. The lowest BCUT2D eigenvalue weighted by Gasteiger charge is -2.36. The largest absolute Gasteiger partial charge is 0.326 e. The number of hydrogen-bond acceptors (Lipinski definition) is 2. The van der Waals surface area contributed by atoms with E-state index in [0.29, 0.717) is 6.04 Å². The van der Waals surface area contributed by atoms with Crippen LogP contribution >= 0.6 is 0 Å². The van der Waals surface area contributed by atoms with E-state index in [1.165, 1.54) is 24.0 Å². The van der Waals surface area contributed by atoms with Crippen molar-refractivity contribution in [3.8, 4) is 0 Å². The summed E-state index contributed by atoms with van der Waals surface area (Å²) in [6.07, 6.45) is 3.52. The average molecular weight is 202 g/mol. The molecular weight excluding hydrogens is 184 g/mol. The Hall–Kier alpha value is -0.860. The number of rotatable bonds is 0. The van der Waals surface area contributed by atoms with E-state index in [-0.39, 0.29) is 5.54 Å². The normalized spacial score (nSPS) is 34.9. The van der Waals surface area contributed by atoms with Crippen molar-refractivity contribution >= 4 is 0 Å². The Morgan fingerprint density at radius 3 is 2.93 bits per heavy atom. The van der Waals surface area contributed by atoms with Crippen molar-refractivity contribution < 1.29 is 0 Å². The highest BCUT2D eigenvalue weighted by Gasteiger charge is 2.49. The highest BCUT2D eigenvalue weighted by molar-refractivity contribution is 5.41. The molecule has 1 aliphatic heterocycles. The van der Waals surface area contributed by atoms with E-state index in [1.807, 2.05) is 0 Å². The van der Waals surface area contributed by atoms with Crippen LogP contribution in [0.2, 0.25) is 0 Å². The molecule has 3 rings (SSSR count). The number of hydrogen-bond donors (Lipinski definition) is 1. The van der Waals surface area contributed by atoms with Crippen LogP contribution in [0.25, 0.3) is 0 Å². The van der Waals surface area contributed by atoms with Crippen LogP contribution in [0.15, 0.2) is 24.3 Å². The second-order valence-corrected chi connectivity index (χ2v) is 4.90. The second-order valence-electron chi connectivity index (χ2n) is 4.90. The first-order valence-corrected chi connectivity index (χ1v) is 5.80. The molecule has 1 spiro atoms. The van der Waals surface area contributed by atoms with Gasteiger partial charge < -0.3 is 5.73 Å². The van der Waals surface area contributed by atoms with Crippen LogP contribution < -0.4 is 5.73 Å². The minimum Gasteiger partial charge on any atom is -0.326 e. The summed E-state index contributed by atoms with van der Waals surface area (Å²) >= 11 is 0. The number of likely N-dealkylation sites (tertiary alicyclic amines) is 1. The van der Waals surface area contributed by atoms with Gasteiger partial charge in [0.05, 0.1) is 5.54 Å². The van der Waals surface area contributed by atoms with Gasteiger partial charge >= 0.3 is 0 Å². The van der Waals surface area contributed by atoms with Gasteiger partial charge in [-0.15, -0.1) is 0 Å². The van der Waals surface area contributed by atoms with Crippen molar-refractivity contribution in [3.63, 3.8) is 0 Å². The van der Waals surface area contributed by atoms with Gasteiger partial charge in [0.15, 0.2) is 0 Å². The topological polar surface area (TPSA) is 29.3 Å². The zero-order valence-corrected chi connectivity index (χ0v) is 9.24. The first kappa shape index (κ1) is 9.37. The zero-order chi connectivity index (χ0) is 10.5. The standard InChI is InChI=1S/C13H18N2/c1-15-9-7-12(14)13(15)8-6-10-4-2-3-5-11(10)13/h2-5,12H,6-9,14H2,1H3. The minimum atomic E-state index is 0.149. The van der Waals surface area contributed by atoms with E-state index in [0.717, 1.165) is 13.0 Å². The number of likely N-dealkylation sites (N-methyl/N-ethyl adjacent to an activating group) is 1. The summed E-state index contributed by atoms with van der Waals surface area (Å²) in [6.45, 7) is 1.13. The molecule has 2 N–H and O–H groups in total. The van der Waals surface area contributed by atoms with Gasteiger partial charge in [0, 0.05) is 12.6 Å². The number of aryl methyl sites for hydroxylation is 1. The maximum Gasteiger partial charge on any atom is 0.0616 e. The fraction of sp³-hybridized carbons (Fsp3) is 0.538. The number of nitrogens with zero attached hydrogens (tertiary/aromatic N) is 1. The molecule has 0 bridgehead atoms. The first-order chi connectivity index (χ1) is 7.25. The SMILES string of the molecule is CN1CCC(N)C12CCc1ccccc12. The number of nitrogens with two attached hydrogens (primary N) is 1. The summed E-state index contributed by atoms with van der Waals surface area (Å²) in [4.78, 5) is 2.46. The van der Waals surface area contributed by atoms with E-state index >= 15 is 0 Å². The lowest BCUT2D eigenvalue weighted by Crippen LogP contribution is -2.47. The smallest absolute Gasteiger partial charge is 0.0616 e. The van der Waals surface area contributed by atoms with E-state index in [4.69, 9.17) is 5.73 Å². The molecule has 1 fully saturated rings. The maximum absolute atomic E-state index is 6.34. The van der Waals surface area contributed by atoms with Crippen molar-refractivity contribution in [2.24, 2.45) is 5.73 Å². The van der Waals surface area contributed by atoms with Crippen LogP contribution in [0, 0.1) is 0 Å². The summed E-state index contributed by atoms with van der Waals surface area (Å²) in [5.41, 5.74) is 9.47. The molecule has 0 radical (unpaired) electrons. The van der Waals surface area contributed by atoms with E-state index in [9.17, 15) is 0 Å². The molecule has 2 aliphatic rings. The van der Waals surface area contributed by atoms with Crippen molar-refractivity contribution in [1.82, 2.24) is 4.90 Å². The molecule has 2 atom stereocenters. The van der Waals surface area contributed by atoms with E-state index in [2.05, 4.69) is 36.2 Å². The molecule has 2 nitrogen and oxygen atoms in total. The average Bonchev–Trinajstić information content (AvgIpc) is 2.77. The molecular formula is C13H18N2. The van der Waals surface area contributed by atoms with Gasteiger partial charge in [-0.1, -0.05) is 24.3 Å². The van der Waals surface area contributed by atoms with Crippen molar-refractivity contribution in [1.29, 1.82) is 0 Å². The van der Waals surface area contributed by atoms with Gasteiger partial charge in [-0.05, 0) is 37.4 Å². The molecule has 2 unspecified atom stereocenters. The van der Waals surface area contributed by atoms with Crippen LogP contribution in [0.1, 0.15) is 24.0 Å². The predicted octanol–water partition coefficient (Wildman–Crippen LogP) is 1.49. The van der Waals surface area contributed by atoms with Gasteiger partial charge in [0.1, 0.15) is 0 Å². The molecule has 1 heterocycles. The Morgan fingerprint density at radius 2 is 2.20 bits per heavy atom. The molecule has 0 amide bonds. The Balaban J connectivity index is 2.15. The molecule has 2 heteroatoms. The van der Waals surface area contributed by atoms with Gasteiger partial charge in [0.25, 0.3) is 0 Å². The monoisotopic (exact) mass is 202 g/mol. The number of benzene rings is 1. The highest BCUT2D eigenvalue weighted by Crippen LogP contribution is 2.46. The summed E-state index contributed by atoms with van der Waals surface area (Å²) in [5, 5.41) is 0. The van der Waals surface area contributed by atoms with Crippen LogP contribution in [-0.4, -0.2) is 24.5 Å². The van der Waals surface area contributed by atoms with Crippen LogP contribution in [0.5, 0.6) is 0 Å². The summed E-state index contributed by atoms with van der Waals surface area (Å²) in [7, 11) is 2.22. The Kier molecular flexibility index (Phi) is 1.91. The zero-order valence-electron chi connectivity index (χ0n) is 9.24. The molecule has 1 aromatic rings. The number of fused-ring (bicyclic) bond motifs is 2. The quantitative estimate of drug-likeness (QED) is 0.690. The van der Waals surface area contributed by atoms with E-state index in [1.54, 1.807) is 0 Å². The van der Waals surface area contributed by atoms with Crippen molar-refractivity contribution in [2.45, 2.75) is 30.8 Å². The third-order valence-corrected chi connectivity index (χ3v) is 4.33. The van der Waals surface area contributed by atoms with Crippen LogP contribution in [0.3, 0.4) is 0 Å². The Bertz CT molecular complexity index is 376.